The molecule has 3 N–H and O–H groups in total. The second-order valence-electron chi connectivity index (χ2n) is 6.08. The highest BCUT2D eigenvalue weighted by Gasteiger charge is 2.35. The van der Waals surface area contributed by atoms with Gasteiger partial charge in [-0.2, -0.15) is 0 Å². The SMILES string of the molecule is CC(C)(C)N(CCC(=O)O)C(=O)N1CCC(C(N)=O)C1. The molecular formula is C13H23N3O4. The van der Waals surface area contributed by atoms with Crippen LogP contribution in [-0.2, 0) is 9.59 Å². The topological polar surface area (TPSA) is 104 Å². The maximum absolute atomic E-state index is 12.5. The Morgan fingerprint density at radius 1 is 1.35 bits per heavy atom. The molecule has 1 aliphatic heterocycles. The lowest BCUT2D eigenvalue weighted by molar-refractivity contribution is -0.137. The first-order valence-corrected chi connectivity index (χ1v) is 6.70. The number of nitrogens with two attached hydrogens (primary N) is 1. The molecule has 0 aliphatic carbocycles. The smallest absolute Gasteiger partial charge is 0.320 e. The van der Waals surface area contributed by atoms with Gasteiger partial charge in [0, 0.05) is 25.2 Å². The Balaban J connectivity index is 2.74. The molecule has 0 radical (unpaired) electrons. The zero-order valence-electron chi connectivity index (χ0n) is 12.3. The molecule has 1 fully saturated rings. The summed E-state index contributed by atoms with van der Waals surface area (Å²) < 4.78 is 0. The maximum Gasteiger partial charge on any atom is 0.320 e. The second-order valence-corrected chi connectivity index (χ2v) is 6.08. The summed E-state index contributed by atoms with van der Waals surface area (Å²) in [5, 5.41) is 8.78. The number of carbonyl (C=O) groups is 3. The first kappa shape index (κ1) is 16.3. The normalized spacial score (nSPS) is 18.9. The predicted octanol–water partition coefficient (Wildman–Crippen LogP) is 0.489. The van der Waals surface area contributed by atoms with E-state index in [0.717, 1.165) is 0 Å². The Bertz CT molecular complexity index is 403. The van der Waals surface area contributed by atoms with E-state index in [2.05, 4.69) is 0 Å². The highest BCUT2D eigenvalue weighted by atomic mass is 16.4. The zero-order valence-corrected chi connectivity index (χ0v) is 12.3. The lowest BCUT2D eigenvalue weighted by atomic mass is 10.1. The van der Waals surface area contributed by atoms with Crippen LogP contribution in [-0.4, -0.2) is 58.0 Å². The van der Waals surface area contributed by atoms with E-state index in [0.29, 0.717) is 19.5 Å². The van der Waals surface area contributed by atoms with Gasteiger partial charge in [-0.3, -0.25) is 9.59 Å². The minimum atomic E-state index is -0.941. The molecule has 3 amide bonds. The van der Waals surface area contributed by atoms with Gasteiger partial charge in [-0.15, -0.1) is 0 Å². The molecule has 1 atom stereocenters. The molecule has 0 spiro atoms. The third kappa shape index (κ3) is 4.11. The monoisotopic (exact) mass is 285 g/mol. The number of aliphatic carboxylic acids is 1. The molecule has 0 bridgehead atoms. The van der Waals surface area contributed by atoms with Crippen molar-refractivity contribution in [2.24, 2.45) is 11.7 Å². The molecule has 0 aromatic rings. The molecule has 1 rings (SSSR count). The van der Waals surface area contributed by atoms with Crippen LogP contribution in [0.2, 0.25) is 0 Å². The predicted molar refractivity (Wildman–Crippen MR) is 73.0 cm³/mol. The Kier molecular flexibility index (Phi) is 4.97. The number of hydrogen-bond acceptors (Lipinski definition) is 3. The van der Waals surface area contributed by atoms with Crippen molar-refractivity contribution >= 4 is 17.9 Å². The van der Waals surface area contributed by atoms with E-state index in [1.807, 2.05) is 20.8 Å². The molecule has 1 saturated heterocycles. The van der Waals surface area contributed by atoms with Gasteiger partial charge in [0.05, 0.1) is 12.3 Å². The van der Waals surface area contributed by atoms with Crippen molar-refractivity contribution in [3.63, 3.8) is 0 Å². The first-order chi connectivity index (χ1) is 9.12. The van der Waals surface area contributed by atoms with E-state index in [1.54, 1.807) is 4.90 Å². The van der Waals surface area contributed by atoms with Crippen LogP contribution in [0.1, 0.15) is 33.6 Å². The van der Waals surface area contributed by atoms with Gasteiger partial charge in [0.25, 0.3) is 0 Å². The Labute approximate surface area is 118 Å². The van der Waals surface area contributed by atoms with Crippen LogP contribution in [0.4, 0.5) is 4.79 Å². The van der Waals surface area contributed by atoms with Crippen LogP contribution in [0.25, 0.3) is 0 Å². The first-order valence-electron chi connectivity index (χ1n) is 6.70. The zero-order chi connectivity index (χ0) is 15.5. The van der Waals surface area contributed by atoms with E-state index in [4.69, 9.17) is 10.8 Å². The summed E-state index contributed by atoms with van der Waals surface area (Å²) in [5.74, 6) is -1.64. The lowest BCUT2D eigenvalue weighted by Crippen LogP contribution is -2.52. The summed E-state index contributed by atoms with van der Waals surface area (Å²) in [6, 6.07) is -0.234. The molecule has 0 saturated carbocycles. The van der Waals surface area contributed by atoms with Gasteiger partial charge in [0.1, 0.15) is 0 Å². The fourth-order valence-corrected chi connectivity index (χ4v) is 2.26. The molecular weight excluding hydrogens is 262 g/mol. The number of carboxylic acid groups (broad SMARTS) is 1. The molecule has 114 valence electrons. The van der Waals surface area contributed by atoms with Crippen molar-refractivity contribution in [3.05, 3.63) is 0 Å². The average molecular weight is 285 g/mol. The summed E-state index contributed by atoms with van der Waals surface area (Å²) in [6.45, 7) is 6.51. The molecule has 20 heavy (non-hydrogen) atoms. The fourth-order valence-electron chi connectivity index (χ4n) is 2.26. The van der Waals surface area contributed by atoms with Crippen LogP contribution in [0.5, 0.6) is 0 Å². The van der Waals surface area contributed by atoms with Crippen LogP contribution < -0.4 is 5.73 Å². The van der Waals surface area contributed by atoms with Crippen molar-refractivity contribution in [1.29, 1.82) is 0 Å². The second kappa shape index (κ2) is 6.11. The largest absolute Gasteiger partial charge is 0.481 e. The number of amides is 3. The number of carboxylic acids is 1. The molecule has 7 heteroatoms. The van der Waals surface area contributed by atoms with Crippen LogP contribution in [0.3, 0.4) is 0 Å². The highest BCUT2D eigenvalue weighted by Crippen LogP contribution is 2.22. The number of rotatable bonds is 4. The number of hydrogen-bond donors (Lipinski definition) is 2. The summed E-state index contributed by atoms with van der Waals surface area (Å²) in [5.41, 5.74) is 4.78. The van der Waals surface area contributed by atoms with Gasteiger partial charge in [-0.05, 0) is 27.2 Å². The highest BCUT2D eigenvalue weighted by molar-refractivity contribution is 5.81. The summed E-state index contributed by atoms with van der Waals surface area (Å²) >= 11 is 0. The van der Waals surface area contributed by atoms with E-state index >= 15 is 0 Å². The van der Waals surface area contributed by atoms with Gasteiger partial charge in [0.15, 0.2) is 0 Å². The Morgan fingerprint density at radius 3 is 2.35 bits per heavy atom. The molecule has 0 aromatic carbocycles. The van der Waals surface area contributed by atoms with Gasteiger partial charge < -0.3 is 20.6 Å². The van der Waals surface area contributed by atoms with Gasteiger partial charge >= 0.3 is 12.0 Å². The summed E-state index contributed by atoms with van der Waals surface area (Å²) in [7, 11) is 0. The minimum absolute atomic E-state index is 0.101. The molecule has 1 heterocycles. The molecule has 0 aromatic heterocycles. The van der Waals surface area contributed by atoms with E-state index in [9.17, 15) is 14.4 Å². The molecule has 7 nitrogen and oxygen atoms in total. The third-order valence-corrected chi connectivity index (χ3v) is 3.45. The van der Waals surface area contributed by atoms with Crippen LogP contribution in [0, 0.1) is 5.92 Å². The Morgan fingerprint density at radius 2 is 1.95 bits per heavy atom. The number of primary amides is 1. The van der Waals surface area contributed by atoms with E-state index in [1.165, 1.54) is 4.90 Å². The van der Waals surface area contributed by atoms with E-state index < -0.39 is 17.4 Å². The number of urea groups is 1. The minimum Gasteiger partial charge on any atom is -0.481 e. The van der Waals surface area contributed by atoms with Crippen molar-refractivity contribution in [2.45, 2.75) is 39.2 Å². The van der Waals surface area contributed by atoms with Gasteiger partial charge in [-0.1, -0.05) is 0 Å². The standard InChI is InChI=1S/C13H23N3O4/c1-13(2,3)16(7-5-10(17)18)12(20)15-6-4-9(8-15)11(14)19/h9H,4-8H2,1-3H3,(H2,14,19)(H,17,18). The number of nitrogens with zero attached hydrogens (tertiary/aromatic N) is 2. The lowest BCUT2D eigenvalue weighted by Gasteiger charge is -2.38. The van der Waals surface area contributed by atoms with E-state index in [-0.39, 0.29) is 24.9 Å². The average Bonchev–Trinajstić information content (AvgIpc) is 2.75. The van der Waals surface area contributed by atoms with Gasteiger partial charge in [0.2, 0.25) is 5.91 Å². The van der Waals surface area contributed by atoms with Crippen LogP contribution >= 0.6 is 0 Å². The summed E-state index contributed by atoms with van der Waals surface area (Å²) in [6.07, 6.45) is 0.466. The maximum atomic E-state index is 12.5. The van der Waals surface area contributed by atoms with Crippen molar-refractivity contribution in [1.82, 2.24) is 9.80 Å². The van der Waals surface area contributed by atoms with Gasteiger partial charge in [-0.25, -0.2) is 4.79 Å². The molecule has 1 aliphatic rings. The van der Waals surface area contributed by atoms with Crippen LogP contribution in [0.15, 0.2) is 0 Å². The third-order valence-electron chi connectivity index (χ3n) is 3.45. The summed E-state index contributed by atoms with van der Waals surface area (Å²) in [4.78, 5) is 37.4. The number of likely N-dealkylation sites (tertiary alicyclic amines) is 1. The number of carbonyl (C=O) groups excluding carboxylic acids is 2. The van der Waals surface area contributed by atoms with Crippen molar-refractivity contribution in [2.75, 3.05) is 19.6 Å². The quantitative estimate of drug-likeness (QED) is 0.784. The van der Waals surface area contributed by atoms with Crippen molar-refractivity contribution < 1.29 is 19.5 Å². The fraction of sp³-hybridized carbons (Fsp3) is 0.769. The molecule has 1 unspecified atom stereocenters. The Hall–Kier alpha value is -1.79. The van der Waals surface area contributed by atoms with Crippen molar-refractivity contribution in [3.8, 4) is 0 Å².